The van der Waals surface area contributed by atoms with Crippen molar-refractivity contribution in [3.8, 4) is 6.07 Å². The second-order valence-corrected chi connectivity index (χ2v) is 7.79. The minimum absolute atomic E-state index is 0.293. The van der Waals surface area contributed by atoms with Crippen molar-refractivity contribution >= 4 is 21.7 Å². The van der Waals surface area contributed by atoms with Crippen LogP contribution < -0.4 is 10.6 Å². The van der Waals surface area contributed by atoms with Crippen molar-refractivity contribution < 1.29 is 18.0 Å². The summed E-state index contributed by atoms with van der Waals surface area (Å²) in [4.78, 5) is 28.2. The Labute approximate surface area is 157 Å². The number of aromatic nitrogens is 1. The van der Waals surface area contributed by atoms with Crippen LogP contribution in [0.25, 0.3) is 0 Å². The zero-order valence-electron chi connectivity index (χ0n) is 14.3. The molecule has 1 atom stereocenters. The molecular formula is C18H18N4O4S. The highest BCUT2D eigenvalue weighted by Crippen LogP contribution is 2.12. The van der Waals surface area contributed by atoms with Crippen LogP contribution >= 0.6 is 0 Å². The largest absolute Gasteiger partial charge is 0.350 e. The molecule has 0 radical (unpaired) electrons. The maximum atomic E-state index is 12.7. The van der Waals surface area contributed by atoms with Gasteiger partial charge in [-0.2, -0.15) is 5.26 Å². The molecule has 2 aromatic rings. The quantitative estimate of drug-likeness (QED) is 0.633. The summed E-state index contributed by atoms with van der Waals surface area (Å²) in [7, 11) is -3.93. The van der Waals surface area contributed by atoms with Gasteiger partial charge in [0.25, 0.3) is 5.91 Å². The SMILES string of the molecule is N#CCNC(=O)C(CNC(=O)c1ccncc1)S(=O)(=O)Cc1ccccc1. The van der Waals surface area contributed by atoms with E-state index < -0.39 is 33.4 Å². The summed E-state index contributed by atoms with van der Waals surface area (Å²) in [5.74, 6) is -1.71. The van der Waals surface area contributed by atoms with Crippen LogP contribution in [0.4, 0.5) is 0 Å². The summed E-state index contributed by atoms with van der Waals surface area (Å²) in [6.45, 7) is -0.734. The minimum atomic E-state index is -3.93. The van der Waals surface area contributed by atoms with Gasteiger partial charge in [0, 0.05) is 24.5 Å². The van der Waals surface area contributed by atoms with Crippen molar-refractivity contribution in [3.63, 3.8) is 0 Å². The Morgan fingerprint density at radius 3 is 2.37 bits per heavy atom. The molecule has 2 rings (SSSR count). The van der Waals surface area contributed by atoms with Gasteiger partial charge in [-0.15, -0.1) is 0 Å². The number of carbonyl (C=O) groups is 2. The summed E-state index contributed by atoms with van der Waals surface area (Å²) < 4.78 is 25.5. The summed E-state index contributed by atoms with van der Waals surface area (Å²) in [5.41, 5.74) is 0.817. The van der Waals surface area contributed by atoms with Gasteiger partial charge in [0.05, 0.1) is 11.8 Å². The Balaban J connectivity index is 2.16. The van der Waals surface area contributed by atoms with Crippen LogP contribution in [-0.4, -0.2) is 43.6 Å². The number of benzene rings is 1. The second-order valence-electron chi connectivity index (χ2n) is 5.60. The third kappa shape index (κ3) is 5.90. The number of rotatable bonds is 8. The molecule has 2 amide bonds. The van der Waals surface area contributed by atoms with E-state index in [1.54, 1.807) is 36.4 Å². The summed E-state index contributed by atoms with van der Waals surface area (Å²) in [6, 6.07) is 13.1. The highest BCUT2D eigenvalue weighted by molar-refractivity contribution is 7.92. The molecule has 2 N–H and O–H groups in total. The Morgan fingerprint density at radius 2 is 1.74 bits per heavy atom. The molecule has 8 nitrogen and oxygen atoms in total. The van der Waals surface area contributed by atoms with Crippen molar-refractivity contribution in [3.05, 3.63) is 66.0 Å². The van der Waals surface area contributed by atoms with Crippen LogP contribution in [0.1, 0.15) is 15.9 Å². The lowest BCUT2D eigenvalue weighted by Crippen LogP contribution is -2.47. The normalized spacial score (nSPS) is 11.8. The molecule has 140 valence electrons. The first-order valence-electron chi connectivity index (χ1n) is 8.02. The number of hydrogen-bond acceptors (Lipinski definition) is 6. The lowest BCUT2D eigenvalue weighted by molar-refractivity contribution is -0.120. The molecule has 0 fully saturated rings. The van der Waals surface area contributed by atoms with Gasteiger partial charge in [0.15, 0.2) is 15.1 Å². The number of sulfone groups is 1. The fourth-order valence-electron chi connectivity index (χ4n) is 2.32. The van der Waals surface area contributed by atoms with Crippen molar-refractivity contribution in [1.82, 2.24) is 15.6 Å². The second kappa shape index (κ2) is 9.45. The van der Waals surface area contributed by atoms with Crippen LogP contribution in [-0.2, 0) is 20.4 Å². The molecule has 27 heavy (non-hydrogen) atoms. The molecule has 1 heterocycles. The fraction of sp³-hybridized carbons (Fsp3) is 0.222. The number of carbonyl (C=O) groups excluding carboxylic acids is 2. The Morgan fingerprint density at radius 1 is 1.07 bits per heavy atom. The smallest absolute Gasteiger partial charge is 0.251 e. The lowest BCUT2D eigenvalue weighted by Gasteiger charge is -2.17. The van der Waals surface area contributed by atoms with Crippen molar-refractivity contribution in [1.29, 1.82) is 5.26 Å². The van der Waals surface area contributed by atoms with Crippen LogP contribution in [0.5, 0.6) is 0 Å². The summed E-state index contributed by atoms with van der Waals surface area (Å²) >= 11 is 0. The highest BCUT2D eigenvalue weighted by atomic mass is 32.2. The topological polar surface area (TPSA) is 129 Å². The van der Waals surface area contributed by atoms with Gasteiger partial charge in [0.1, 0.15) is 6.54 Å². The van der Waals surface area contributed by atoms with Gasteiger partial charge in [-0.05, 0) is 17.7 Å². The Bertz CT molecular complexity index is 925. The maximum Gasteiger partial charge on any atom is 0.251 e. The van der Waals surface area contributed by atoms with E-state index in [9.17, 15) is 18.0 Å². The predicted octanol–water partition coefficient (Wildman–Crippen LogP) is 0.435. The number of hydrogen-bond donors (Lipinski definition) is 2. The van der Waals surface area contributed by atoms with E-state index in [-0.39, 0.29) is 12.3 Å². The third-order valence-electron chi connectivity index (χ3n) is 3.67. The van der Waals surface area contributed by atoms with Crippen molar-refractivity contribution in [2.75, 3.05) is 13.1 Å². The molecule has 1 aromatic carbocycles. The molecule has 0 bridgehead atoms. The molecule has 0 spiro atoms. The van der Waals surface area contributed by atoms with Gasteiger partial charge >= 0.3 is 0 Å². The first kappa shape index (κ1) is 20.1. The maximum absolute atomic E-state index is 12.7. The molecule has 1 aromatic heterocycles. The number of nitrogens with zero attached hydrogens (tertiary/aromatic N) is 2. The fourth-order valence-corrected chi connectivity index (χ4v) is 3.93. The molecule has 9 heteroatoms. The first-order chi connectivity index (χ1) is 12.9. The zero-order chi connectivity index (χ0) is 19.7. The zero-order valence-corrected chi connectivity index (χ0v) is 15.1. The van der Waals surface area contributed by atoms with E-state index in [1.165, 1.54) is 24.5 Å². The number of amides is 2. The van der Waals surface area contributed by atoms with Crippen LogP contribution in [0.15, 0.2) is 54.9 Å². The van der Waals surface area contributed by atoms with Crippen LogP contribution in [0.2, 0.25) is 0 Å². The molecular weight excluding hydrogens is 368 g/mol. The molecule has 0 aliphatic rings. The highest BCUT2D eigenvalue weighted by Gasteiger charge is 2.33. The molecule has 0 saturated carbocycles. The summed E-state index contributed by atoms with van der Waals surface area (Å²) in [6.07, 6.45) is 2.86. The average molecular weight is 386 g/mol. The van der Waals surface area contributed by atoms with E-state index in [1.807, 2.05) is 0 Å². The number of nitriles is 1. The third-order valence-corrected chi connectivity index (χ3v) is 5.65. The molecule has 0 aliphatic carbocycles. The van der Waals surface area contributed by atoms with E-state index in [0.717, 1.165) is 0 Å². The molecule has 0 saturated heterocycles. The van der Waals surface area contributed by atoms with Gasteiger partial charge in [-0.1, -0.05) is 30.3 Å². The van der Waals surface area contributed by atoms with E-state index >= 15 is 0 Å². The van der Waals surface area contributed by atoms with Gasteiger partial charge in [0.2, 0.25) is 5.91 Å². The average Bonchev–Trinajstić information content (AvgIpc) is 2.67. The monoisotopic (exact) mass is 386 g/mol. The first-order valence-corrected chi connectivity index (χ1v) is 9.74. The van der Waals surface area contributed by atoms with Gasteiger partial charge < -0.3 is 10.6 Å². The van der Waals surface area contributed by atoms with Gasteiger partial charge in [-0.25, -0.2) is 8.42 Å². The standard InChI is InChI=1S/C18H18N4O4S/c19-8-11-21-18(24)16(12-22-17(23)15-6-9-20-10-7-15)27(25,26)13-14-4-2-1-3-5-14/h1-7,9-10,16H,11-13H2,(H,21,24)(H,22,23). The minimum Gasteiger partial charge on any atom is -0.350 e. The Kier molecular flexibility index (Phi) is 7.02. The predicted molar refractivity (Wildman–Crippen MR) is 98.0 cm³/mol. The molecule has 1 unspecified atom stereocenters. The number of nitrogens with one attached hydrogen (secondary N) is 2. The van der Waals surface area contributed by atoms with Crippen LogP contribution in [0.3, 0.4) is 0 Å². The van der Waals surface area contributed by atoms with Gasteiger partial charge in [-0.3, -0.25) is 14.6 Å². The van der Waals surface area contributed by atoms with E-state index in [0.29, 0.717) is 11.1 Å². The Hall–Kier alpha value is -3.25. The summed E-state index contributed by atoms with van der Waals surface area (Å²) in [5, 5.41) is 11.8. The van der Waals surface area contributed by atoms with Crippen molar-refractivity contribution in [2.24, 2.45) is 0 Å². The van der Waals surface area contributed by atoms with Crippen molar-refractivity contribution in [2.45, 2.75) is 11.0 Å². The van der Waals surface area contributed by atoms with E-state index in [4.69, 9.17) is 5.26 Å². The van der Waals surface area contributed by atoms with E-state index in [2.05, 4.69) is 15.6 Å². The molecule has 0 aliphatic heterocycles. The van der Waals surface area contributed by atoms with Crippen LogP contribution in [0, 0.1) is 11.3 Å². The number of pyridine rings is 1. The lowest BCUT2D eigenvalue weighted by atomic mass is 10.2.